The van der Waals surface area contributed by atoms with Crippen molar-refractivity contribution in [1.29, 1.82) is 0 Å². The van der Waals surface area contributed by atoms with E-state index in [0.717, 1.165) is 54.3 Å². The second-order valence-electron chi connectivity index (χ2n) is 7.85. The van der Waals surface area contributed by atoms with Gasteiger partial charge < -0.3 is 15.0 Å². The Bertz CT molecular complexity index is 1330. The second kappa shape index (κ2) is 8.33. The summed E-state index contributed by atoms with van der Waals surface area (Å²) >= 11 is 0. The molecule has 1 atom stereocenters. The van der Waals surface area contributed by atoms with Gasteiger partial charge in [0.15, 0.2) is 17.6 Å². The number of anilines is 1. The fourth-order valence-electron chi connectivity index (χ4n) is 4.13. The van der Waals surface area contributed by atoms with Crippen molar-refractivity contribution in [2.75, 3.05) is 5.32 Å². The maximum Gasteiger partial charge on any atom is 0.339 e. The molecule has 0 bridgehead atoms. The van der Waals surface area contributed by atoms with Gasteiger partial charge in [-0.15, -0.1) is 0 Å². The summed E-state index contributed by atoms with van der Waals surface area (Å²) in [6.07, 6.45) is 6.52. The Morgan fingerprint density at radius 3 is 2.84 bits per heavy atom. The number of nitrogens with zero attached hydrogens (tertiary/aromatic N) is 4. The fraction of sp³-hybridized carbons (Fsp3) is 0.304. The predicted octanol–water partition coefficient (Wildman–Crippen LogP) is 3.35. The van der Waals surface area contributed by atoms with Crippen molar-refractivity contribution in [3.8, 4) is 0 Å². The third-order valence-corrected chi connectivity index (χ3v) is 5.74. The van der Waals surface area contributed by atoms with Gasteiger partial charge in [0.1, 0.15) is 11.8 Å². The number of para-hydroxylation sites is 1. The van der Waals surface area contributed by atoms with Crippen LogP contribution in [0.15, 0.2) is 36.9 Å². The van der Waals surface area contributed by atoms with E-state index in [-0.39, 0.29) is 5.82 Å². The molecule has 3 heterocycles. The number of H-pyrrole nitrogens is 1. The Morgan fingerprint density at radius 1 is 1.09 bits per heavy atom. The van der Waals surface area contributed by atoms with E-state index in [9.17, 15) is 9.59 Å². The lowest BCUT2D eigenvalue weighted by molar-refractivity contribution is -0.123. The van der Waals surface area contributed by atoms with E-state index in [1.165, 1.54) is 12.7 Å². The molecule has 5 rings (SSSR count). The zero-order valence-electron chi connectivity index (χ0n) is 17.6. The van der Waals surface area contributed by atoms with Crippen LogP contribution in [0.2, 0.25) is 0 Å². The molecule has 4 aromatic rings. The van der Waals surface area contributed by atoms with Crippen molar-refractivity contribution in [3.05, 3.63) is 53.7 Å². The first-order valence-corrected chi connectivity index (χ1v) is 10.7. The van der Waals surface area contributed by atoms with Crippen LogP contribution < -0.4 is 5.32 Å². The molecule has 32 heavy (non-hydrogen) atoms. The molecule has 0 radical (unpaired) electrons. The number of carbonyl (C=O) groups excluding carboxylic acids is 2. The largest absolute Gasteiger partial charge is 0.449 e. The molecule has 0 saturated carbocycles. The molecule has 1 amide bonds. The molecule has 3 aromatic heterocycles. The van der Waals surface area contributed by atoms with Crippen LogP contribution in [-0.4, -0.2) is 42.9 Å². The Morgan fingerprint density at radius 2 is 1.94 bits per heavy atom. The smallest absolute Gasteiger partial charge is 0.339 e. The van der Waals surface area contributed by atoms with Crippen molar-refractivity contribution < 1.29 is 14.3 Å². The first kappa shape index (κ1) is 20.0. The highest BCUT2D eigenvalue weighted by molar-refractivity contribution is 6.06. The molecule has 9 heteroatoms. The zero-order chi connectivity index (χ0) is 22.1. The maximum atomic E-state index is 13.3. The van der Waals surface area contributed by atoms with Gasteiger partial charge in [-0.1, -0.05) is 24.6 Å². The molecule has 162 valence electrons. The first-order chi connectivity index (χ1) is 15.6. The van der Waals surface area contributed by atoms with Gasteiger partial charge in [0.2, 0.25) is 0 Å². The molecular weight excluding hydrogens is 408 g/mol. The molecule has 0 fully saturated rings. The Kier molecular flexibility index (Phi) is 5.22. The summed E-state index contributed by atoms with van der Waals surface area (Å²) < 4.78 is 5.63. The zero-order valence-corrected chi connectivity index (χ0v) is 17.6. The van der Waals surface area contributed by atoms with Crippen LogP contribution in [0.4, 0.5) is 5.82 Å². The molecule has 9 nitrogen and oxygen atoms in total. The number of imidazole rings is 1. The van der Waals surface area contributed by atoms with Crippen LogP contribution in [0.25, 0.3) is 22.1 Å². The maximum absolute atomic E-state index is 13.3. The van der Waals surface area contributed by atoms with Crippen LogP contribution in [0, 0.1) is 0 Å². The third-order valence-electron chi connectivity index (χ3n) is 5.74. The van der Waals surface area contributed by atoms with Crippen LogP contribution >= 0.6 is 0 Å². The fourth-order valence-corrected chi connectivity index (χ4v) is 4.13. The van der Waals surface area contributed by atoms with E-state index in [1.54, 1.807) is 6.92 Å². The molecule has 1 aromatic carbocycles. The van der Waals surface area contributed by atoms with E-state index < -0.39 is 18.0 Å². The summed E-state index contributed by atoms with van der Waals surface area (Å²) in [5.41, 5.74) is 4.11. The SMILES string of the molecule is CC(OC(=O)c1c2c(nc3ccccc13)CCCCC2)C(=O)Nc1ncnc2nc[nH]c12. The lowest BCUT2D eigenvalue weighted by Gasteiger charge is -2.17. The number of ether oxygens (including phenoxy) is 1. The number of nitrogens with one attached hydrogen (secondary N) is 2. The molecule has 1 aliphatic carbocycles. The molecular formula is C23H22N6O3. The third kappa shape index (κ3) is 3.66. The molecule has 1 aliphatic rings. The van der Waals surface area contributed by atoms with E-state index in [2.05, 4.69) is 25.3 Å². The quantitative estimate of drug-likeness (QED) is 0.376. The van der Waals surface area contributed by atoms with Gasteiger partial charge in [-0.2, -0.15) is 0 Å². The van der Waals surface area contributed by atoms with Gasteiger partial charge >= 0.3 is 5.97 Å². The lowest BCUT2D eigenvalue weighted by atomic mass is 9.97. The number of esters is 1. The minimum atomic E-state index is -1.02. The van der Waals surface area contributed by atoms with Gasteiger partial charge in [0.25, 0.3) is 5.91 Å². The number of aryl methyl sites for hydroxylation is 1. The van der Waals surface area contributed by atoms with E-state index in [4.69, 9.17) is 9.72 Å². The van der Waals surface area contributed by atoms with Crippen molar-refractivity contribution in [3.63, 3.8) is 0 Å². The van der Waals surface area contributed by atoms with Crippen LogP contribution in [0.1, 0.15) is 47.8 Å². The number of aromatic amines is 1. The average Bonchev–Trinajstić information content (AvgIpc) is 3.17. The minimum absolute atomic E-state index is 0.281. The molecule has 2 N–H and O–H groups in total. The van der Waals surface area contributed by atoms with Gasteiger partial charge in [0, 0.05) is 11.1 Å². The first-order valence-electron chi connectivity index (χ1n) is 10.7. The lowest BCUT2D eigenvalue weighted by Crippen LogP contribution is -2.31. The van der Waals surface area contributed by atoms with Crippen molar-refractivity contribution in [1.82, 2.24) is 24.9 Å². The highest BCUT2D eigenvalue weighted by Gasteiger charge is 2.26. The number of hydrogen-bond acceptors (Lipinski definition) is 7. The van der Waals surface area contributed by atoms with Crippen molar-refractivity contribution >= 4 is 39.8 Å². The number of benzene rings is 1. The summed E-state index contributed by atoms with van der Waals surface area (Å²) in [6, 6.07) is 7.56. The number of fused-ring (bicyclic) bond motifs is 3. The Hall–Kier alpha value is -3.88. The Balaban J connectivity index is 1.42. The van der Waals surface area contributed by atoms with Crippen LogP contribution in [0.3, 0.4) is 0 Å². The predicted molar refractivity (Wildman–Crippen MR) is 118 cm³/mol. The molecule has 0 aliphatic heterocycles. The normalized spacial score (nSPS) is 14.5. The topological polar surface area (TPSA) is 123 Å². The number of aromatic nitrogens is 5. The van der Waals surface area contributed by atoms with E-state index >= 15 is 0 Å². The standard InChI is InChI=1S/C23H22N6O3/c1-13(22(30)29-21-19-20(25-11-24-19)26-12-27-21)32-23(31)18-14-7-3-2-4-9-16(14)28-17-10-6-5-8-15(17)18/h5-6,8,10-13H,2-4,7,9H2,1H3,(H2,24,25,26,27,29,30). The molecule has 0 spiro atoms. The number of pyridine rings is 1. The number of carbonyl (C=O) groups is 2. The number of hydrogen-bond donors (Lipinski definition) is 2. The average molecular weight is 430 g/mol. The monoisotopic (exact) mass is 430 g/mol. The van der Waals surface area contributed by atoms with E-state index in [1.807, 2.05) is 24.3 Å². The second-order valence-corrected chi connectivity index (χ2v) is 7.85. The highest BCUT2D eigenvalue weighted by Crippen LogP contribution is 2.29. The van der Waals surface area contributed by atoms with Gasteiger partial charge in [-0.05, 0) is 44.2 Å². The van der Waals surface area contributed by atoms with Gasteiger partial charge in [-0.3, -0.25) is 9.78 Å². The summed E-state index contributed by atoms with van der Waals surface area (Å²) in [4.78, 5) is 45.9. The summed E-state index contributed by atoms with van der Waals surface area (Å²) in [5.74, 6) is -0.722. The van der Waals surface area contributed by atoms with Gasteiger partial charge in [0.05, 0.1) is 17.4 Å². The van der Waals surface area contributed by atoms with Crippen molar-refractivity contribution in [2.45, 2.75) is 45.1 Å². The molecule has 1 unspecified atom stereocenters. The van der Waals surface area contributed by atoms with Crippen LogP contribution in [0.5, 0.6) is 0 Å². The van der Waals surface area contributed by atoms with E-state index in [0.29, 0.717) is 16.7 Å². The Labute approximate surface area is 183 Å². The van der Waals surface area contributed by atoms with Crippen molar-refractivity contribution in [2.24, 2.45) is 0 Å². The summed E-state index contributed by atoms with van der Waals surface area (Å²) in [7, 11) is 0. The minimum Gasteiger partial charge on any atom is -0.449 e. The number of rotatable bonds is 4. The molecule has 0 saturated heterocycles. The highest BCUT2D eigenvalue weighted by atomic mass is 16.5. The van der Waals surface area contributed by atoms with Crippen LogP contribution in [-0.2, 0) is 22.4 Å². The van der Waals surface area contributed by atoms with Gasteiger partial charge in [-0.25, -0.2) is 19.7 Å². The summed E-state index contributed by atoms with van der Waals surface area (Å²) in [6.45, 7) is 1.54. The number of amides is 1. The summed E-state index contributed by atoms with van der Waals surface area (Å²) in [5, 5.41) is 3.44.